The number of para-hydroxylation sites is 1. The molecule has 1 aromatic heterocycles. The summed E-state index contributed by atoms with van der Waals surface area (Å²) < 4.78 is 0. The highest BCUT2D eigenvalue weighted by molar-refractivity contribution is 7.98. The van der Waals surface area contributed by atoms with Gasteiger partial charge in [0, 0.05) is 25.3 Å². The lowest BCUT2D eigenvalue weighted by Crippen LogP contribution is -2.30. The minimum absolute atomic E-state index is 0. The van der Waals surface area contributed by atoms with E-state index in [2.05, 4.69) is 15.3 Å². The Kier molecular flexibility index (Phi) is 7.93. The maximum absolute atomic E-state index is 12.3. The summed E-state index contributed by atoms with van der Waals surface area (Å²) >= 11 is 1.63. The summed E-state index contributed by atoms with van der Waals surface area (Å²) in [6.45, 7) is 2.71. The van der Waals surface area contributed by atoms with E-state index < -0.39 is 0 Å². The summed E-state index contributed by atoms with van der Waals surface area (Å²) in [5.41, 5.74) is 0.607. The van der Waals surface area contributed by atoms with Crippen LogP contribution in [0.1, 0.15) is 18.7 Å². The Balaban J connectivity index is 0.00000243. The van der Waals surface area contributed by atoms with Crippen LogP contribution in [-0.4, -0.2) is 53.2 Å². The van der Waals surface area contributed by atoms with E-state index in [1.807, 2.05) is 30.1 Å². The van der Waals surface area contributed by atoms with Crippen molar-refractivity contribution in [2.45, 2.75) is 18.6 Å². The zero-order valence-electron chi connectivity index (χ0n) is 14.9. The molecular formula is C18H25ClN4O2S. The standard InChI is InChI=1S/C18H24N4O2S.ClH/c1-19-10-13-6-8-22(11-13)17(23)7-9-25-12-16-20-15-5-3-2-4-14(15)18(24)21-16;/h2-5,13,19H,6-12H2,1H3,(H,20,21,24);1H. The van der Waals surface area contributed by atoms with E-state index in [0.717, 1.165) is 31.8 Å². The summed E-state index contributed by atoms with van der Waals surface area (Å²) in [4.78, 5) is 33.6. The van der Waals surface area contributed by atoms with Crippen LogP contribution in [0.25, 0.3) is 10.9 Å². The summed E-state index contributed by atoms with van der Waals surface area (Å²) in [5, 5.41) is 3.79. The van der Waals surface area contributed by atoms with Gasteiger partial charge in [-0.25, -0.2) is 4.98 Å². The fraction of sp³-hybridized carbons (Fsp3) is 0.500. The van der Waals surface area contributed by atoms with E-state index in [1.54, 1.807) is 17.8 Å². The van der Waals surface area contributed by atoms with Crippen molar-refractivity contribution >= 4 is 41.0 Å². The number of benzene rings is 1. The van der Waals surface area contributed by atoms with E-state index >= 15 is 0 Å². The van der Waals surface area contributed by atoms with Crippen molar-refractivity contribution in [3.63, 3.8) is 0 Å². The fourth-order valence-electron chi connectivity index (χ4n) is 3.20. The summed E-state index contributed by atoms with van der Waals surface area (Å²) in [5.74, 6) is 2.81. The topological polar surface area (TPSA) is 78.1 Å². The van der Waals surface area contributed by atoms with Crippen molar-refractivity contribution in [1.29, 1.82) is 0 Å². The number of H-pyrrole nitrogens is 1. The first kappa shape index (κ1) is 20.7. The largest absolute Gasteiger partial charge is 0.342 e. The van der Waals surface area contributed by atoms with Gasteiger partial charge in [0.25, 0.3) is 5.56 Å². The molecule has 0 radical (unpaired) electrons. The Labute approximate surface area is 163 Å². The van der Waals surface area contributed by atoms with Gasteiger partial charge in [0.1, 0.15) is 5.82 Å². The minimum atomic E-state index is -0.107. The molecule has 0 aliphatic carbocycles. The quantitative estimate of drug-likeness (QED) is 0.700. The van der Waals surface area contributed by atoms with Gasteiger partial charge in [-0.2, -0.15) is 11.8 Å². The van der Waals surface area contributed by atoms with Crippen LogP contribution >= 0.6 is 24.2 Å². The molecule has 1 unspecified atom stereocenters. The molecule has 1 amide bonds. The van der Waals surface area contributed by atoms with Crippen LogP contribution in [0.5, 0.6) is 0 Å². The molecule has 8 heteroatoms. The number of carbonyl (C=O) groups excluding carboxylic acids is 1. The summed E-state index contributed by atoms with van der Waals surface area (Å²) in [7, 11) is 1.95. The van der Waals surface area contributed by atoms with E-state index in [4.69, 9.17) is 0 Å². The van der Waals surface area contributed by atoms with Crippen LogP contribution < -0.4 is 10.9 Å². The van der Waals surface area contributed by atoms with Crippen molar-refractivity contribution in [1.82, 2.24) is 20.2 Å². The first-order valence-electron chi connectivity index (χ1n) is 8.65. The van der Waals surface area contributed by atoms with Crippen molar-refractivity contribution in [3.8, 4) is 0 Å². The fourth-order valence-corrected chi connectivity index (χ4v) is 4.00. The Morgan fingerprint density at radius 1 is 1.42 bits per heavy atom. The number of hydrogen-bond donors (Lipinski definition) is 2. The number of thioether (sulfide) groups is 1. The molecule has 2 heterocycles. The molecule has 0 saturated carbocycles. The predicted octanol–water partition coefficient (Wildman–Crippen LogP) is 2.04. The number of aromatic nitrogens is 2. The highest BCUT2D eigenvalue weighted by Gasteiger charge is 2.25. The van der Waals surface area contributed by atoms with Gasteiger partial charge in [-0.1, -0.05) is 12.1 Å². The van der Waals surface area contributed by atoms with Crippen molar-refractivity contribution in [2.75, 3.05) is 32.4 Å². The van der Waals surface area contributed by atoms with Gasteiger partial charge >= 0.3 is 0 Å². The Morgan fingerprint density at radius 2 is 2.23 bits per heavy atom. The van der Waals surface area contributed by atoms with Gasteiger partial charge in [-0.05, 0) is 38.1 Å². The van der Waals surface area contributed by atoms with E-state index in [9.17, 15) is 9.59 Å². The zero-order chi connectivity index (χ0) is 17.6. The summed E-state index contributed by atoms with van der Waals surface area (Å²) in [6.07, 6.45) is 1.62. The molecule has 3 rings (SSSR count). The molecule has 0 bridgehead atoms. The molecule has 2 N–H and O–H groups in total. The molecule has 26 heavy (non-hydrogen) atoms. The molecule has 1 aliphatic rings. The second kappa shape index (κ2) is 9.94. The lowest BCUT2D eigenvalue weighted by atomic mass is 10.1. The molecule has 1 saturated heterocycles. The number of hydrogen-bond acceptors (Lipinski definition) is 5. The number of nitrogens with one attached hydrogen (secondary N) is 2. The number of likely N-dealkylation sites (tertiary alicyclic amines) is 1. The minimum Gasteiger partial charge on any atom is -0.342 e. The average molecular weight is 397 g/mol. The van der Waals surface area contributed by atoms with Crippen molar-refractivity contribution in [3.05, 3.63) is 40.4 Å². The number of rotatable bonds is 7. The molecule has 2 aromatic rings. The maximum Gasteiger partial charge on any atom is 0.258 e. The number of carbonyl (C=O) groups is 1. The number of aromatic amines is 1. The molecule has 142 valence electrons. The molecule has 6 nitrogen and oxygen atoms in total. The van der Waals surface area contributed by atoms with Gasteiger partial charge in [-0.15, -0.1) is 12.4 Å². The smallest absolute Gasteiger partial charge is 0.258 e. The predicted molar refractivity (Wildman–Crippen MR) is 109 cm³/mol. The van der Waals surface area contributed by atoms with E-state index in [0.29, 0.717) is 34.8 Å². The third kappa shape index (κ3) is 5.22. The molecule has 1 aliphatic heterocycles. The third-order valence-electron chi connectivity index (χ3n) is 4.49. The summed E-state index contributed by atoms with van der Waals surface area (Å²) in [6, 6.07) is 7.33. The van der Waals surface area contributed by atoms with Gasteiger partial charge in [0.2, 0.25) is 5.91 Å². The van der Waals surface area contributed by atoms with Gasteiger partial charge in [0.05, 0.1) is 16.7 Å². The lowest BCUT2D eigenvalue weighted by Gasteiger charge is -2.16. The van der Waals surface area contributed by atoms with Crippen LogP contribution in [-0.2, 0) is 10.5 Å². The molecular weight excluding hydrogens is 372 g/mol. The maximum atomic E-state index is 12.3. The highest BCUT2D eigenvalue weighted by Crippen LogP contribution is 2.18. The Bertz CT molecular complexity index is 798. The van der Waals surface area contributed by atoms with Crippen LogP contribution in [0.15, 0.2) is 29.1 Å². The van der Waals surface area contributed by atoms with E-state index in [-0.39, 0.29) is 23.9 Å². The third-order valence-corrected chi connectivity index (χ3v) is 5.46. The first-order chi connectivity index (χ1) is 12.2. The average Bonchev–Trinajstić information content (AvgIpc) is 3.08. The number of nitrogens with zero attached hydrogens (tertiary/aromatic N) is 2. The molecule has 1 atom stereocenters. The molecule has 0 spiro atoms. The number of fused-ring (bicyclic) bond motifs is 1. The molecule has 1 fully saturated rings. The monoisotopic (exact) mass is 396 g/mol. The second-order valence-electron chi connectivity index (χ2n) is 6.38. The Morgan fingerprint density at radius 3 is 3.04 bits per heavy atom. The van der Waals surface area contributed by atoms with Gasteiger partial charge in [-0.3, -0.25) is 9.59 Å². The van der Waals surface area contributed by atoms with Crippen LogP contribution in [0.2, 0.25) is 0 Å². The Hall–Kier alpha value is -1.57. The van der Waals surface area contributed by atoms with Crippen LogP contribution in [0, 0.1) is 5.92 Å². The SMILES string of the molecule is CNCC1CCN(C(=O)CCSCc2nc3ccccc3c(=O)[nH]2)C1.Cl. The normalized spacial score (nSPS) is 16.7. The number of amides is 1. The first-order valence-corrected chi connectivity index (χ1v) is 9.81. The van der Waals surface area contributed by atoms with Crippen LogP contribution in [0.4, 0.5) is 0 Å². The number of halogens is 1. The molecule has 1 aromatic carbocycles. The van der Waals surface area contributed by atoms with Crippen LogP contribution in [0.3, 0.4) is 0 Å². The van der Waals surface area contributed by atoms with Gasteiger partial charge in [0.15, 0.2) is 0 Å². The van der Waals surface area contributed by atoms with Crippen molar-refractivity contribution in [2.24, 2.45) is 5.92 Å². The van der Waals surface area contributed by atoms with E-state index in [1.165, 1.54) is 0 Å². The zero-order valence-corrected chi connectivity index (χ0v) is 16.5. The second-order valence-corrected chi connectivity index (χ2v) is 7.49. The van der Waals surface area contributed by atoms with Crippen molar-refractivity contribution < 1.29 is 4.79 Å². The lowest BCUT2D eigenvalue weighted by molar-refractivity contribution is -0.129. The highest BCUT2D eigenvalue weighted by atomic mass is 35.5. The van der Waals surface area contributed by atoms with Gasteiger partial charge < -0.3 is 15.2 Å².